The summed E-state index contributed by atoms with van der Waals surface area (Å²) in [6, 6.07) is 13.5. The fourth-order valence-corrected chi connectivity index (χ4v) is 4.78. The van der Waals surface area contributed by atoms with Crippen LogP contribution >= 0.6 is 0 Å². The molecular formula is C23H26N4O6S. The van der Waals surface area contributed by atoms with E-state index >= 15 is 0 Å². The summed E-state index contributed by atoms with van der Waals surface area (Å²) < 4.78 is 37.4. The minimum Gasteiger partial charge on any atom is -0.486 e. The van der Waals surface area contributed by atoms with E-state index in [1.165, 1.54) is 9.71 Å². The molecule has 0 spiro atoms. The van der Waals surface area contributed by atoms with Gasteiger partial charge in [-0.25, -0.2) is 13.2 Å². The Hall–Kier alpha value is -3.41. The van der Waals surface area contributed by atoms with Crippen LogP contribution in [-0.4, -0.2) is 75.5 Å². The summed E-state index contributed by atoms with van der Waals surface area (Å²) in [5.74, 6) is 0.655. The molecule has 4 rings (SSSR count). The number of urea groups is 1. The fourth-order valence-electron chi connectivity index (χ4n) is 3.61. The predicted molar refractivity (Wildman–Crippen MR) is 127 cm³/mol. The molecule has 0 aromatic heterocycles. The summed E-state index contributed by atoms with van der Waals surface area (Å²) in [6.07, 6.45) is 1.56. The van der Waals surface area contributed by atoms with Crippen molar-refractivity contribution in [2.75, 3.05) is 51.3 Å². The van der Waals surface area contributed by atoms with Gasteiger partial charge in [0.15, 0.2) is 11.5 Å². The summed E-state index contributed by atoms with van der Waals surface area (Å²) in [4.78, 5) is 26.3. The molecule has 2 aromatic carbocycles. The average Bonchev–Trinajstić information content (AvgIpc) is 2.83. The summed E-state index contributed by atoms with van der Waals surface area (Å²) in [5.41, 5.74) is 1.27. The number of hydrogen-bond acceptors (Lipinski definition) is 7. The van der Waals surface area contributed by atoms with Gasteiger partial charge in [0.25, 0.3) is 0 Å². The zero-order valence-corrected chi connectivity index (χ0v) is 19.3. The van der Waals surface area contributed by atoms with E-state index in [4.69, 9.17) is 9.47 Å². The number of amides is 3. The highest BCUT2D eigenvalue weighted by molar-refractivity contribution is 7.92. The van der Waals surface area contributed by atoms with E-state index in [1.54, 1.807) is 29.2 Å². The van der Waals surface area contributed by atoms with Crippen molar-refractivity contribution in [1.82, 2.24) is 14.5 Å². The summed E-state index contributed by atoms with van der Waals surface area (Å²) in [7, 11) is -3.55. The third-order valence-corrected chi connectivity index (χ3v) is 6.91. The minimum absolute atomic E-state index is 0.0116. The second-order valence-electron chi connectivity index (χ2n) is 7.79. The van der Waals surface area contributed by atoms with Crippen LogP contribution in [-0.2, 0) is 14.8 Å². The quantitative estimate of drug-likeness (QED) is 0.639. The molecule has 34 heavy (non-hydrogen) atoms. The highest BCUT2D eigenvalue weighted by Crippen LogP contribution is 2.32. The Bertz CT molecular complexity index is 1160. The Morgan fingerprint density at radius 3 is 2.38 bits per heavy atom. The van der Waals surface area contributed by atoms with E-state index in [1.807, 2.05) is 30.3 Å². The summed E-state index contributed by atoms with van der Waals surface area (Å²) in [5, 5.41) is 6.09. The van der Waals surface area contributed by atoms with Crippen LogP contribution in [0.1, 0.15) is 5.56 Å². The van der Waals surface area contributed by atoms with E-state index in [0.717, 1.165) is 5.56 Å². The number of carbonyl (C=O) groups excluding carboxylic acids is 2. The molecule has 11 heteroatoms. The largest absolute Gasteiger partial charge is 0.486 e. The second kappa shape index (κ2) is 10.7. The standard InChI is InChI=1S/C23H26N4O6S/c28-22(25-23(29)24-19-6-7-20-21(16-19)33-14-13-32-20)17-26-9-11-27(12-10-26)34(30,31)15-8-18-4-2-1-3-5-18/h1-8,15-16H,9-14,17H2,(H2,24,25,28,29)/b15-8+. The van der Waals surface area contributed by atoms with E-state index < -0.39 is 22.0 Å². The van der Waals surface area contributed by atoms with Gasteiger partial charge >= 0.3 is 6.03 Å². The maximum absolute atomic E-state index is 12.6. The van der Waals surface area contributed by atoms with Crippen molar-refractivity contribution in [2.45, 2.75) is 0 Å². The van der Waals surface area contributed by atoms with Crippen molar-refractivity contribution in [3.63, 3.8) is 0 Å². The normalized spacial score (nSPS) is 16.8. The van der Waals surface area contributed by atoms with Gasteiger partial charge in [-0.3, -0.25) is 15.0 Å². The first-order valence-electron chi connectivity index (χ1n) is 10.9. The molecule has 2 aliphatic rings. The number of fused-ring (bicyclic) bond motifs is 1. The van der Waals surface area contributed by atoms with E-state index in [0.29, 0.717) is 43.5 Å². The monoisotopic (exact) mass is 486 g/mol. The molecule has 10 nitrogen and oxygen atoms in total. The van der Waals surface area contributed by atoms with E-state index in [-0.39, 0.29) is 19.6 Å². The summed E-state index contributed by atoms with van der Waals surface area (Å²) >= 11 is 0. The Kier molecular flexibility index (Phi) is 7.46. The smallest absolute Gasteiger partial charge is 0.325 e. The lowest BCUT2D eigenvalue weighted by Crippen LogP contribution is -2.51. The lowest BCUT2D eigenvalue weighted by atomic mass is 10.2. The maximum Gasteiger partial charge on any atom is 0.325 e. The zero-order valence-electron chi connectivity index (χ0n) is 18.5. The fraction of sp³-hybridized carbons (Fsp3) is 0.304. The first-order chi connectivity index (χ1) is 16.4. The molecule has 180 valence electrons. The molecule has 0 atom stereocenters. The summed E-state index contributed by atoms with van der Waals surface area (Å²) in [6.45, 7) is 2.18. The molecule has 1 saturated heterocycles. The SMILES string of the molecule is O=C(CN1CCN(S(=O)(=O)/C=C/c2ccccc2)CC1)NC(=O)Nc1ccc2c(c1)OCCO2. The van der Waals surface area contributed by atoms with Gasteiger partial charge in [-0.1, -0.05) is 30.3 Å². The van der Waals surface area contributed by atoms with Crippen LogP contribution in [0.5, 0.6) is 11.5 Å². The molecule has 2 aromatic rings. The van der Waals surface area contributed by atoms with Crippen LogP contribution in [0.3, 0.4) is 0 Å². The number of hydrogen-bond donors (Lipinski definition) is 2. The van der Waals surface area contributed by atoms with Gasteiger partial charge in [-0.05, 0) is 23.8 Å². The van der Waals surface area contributed by atoms with Gasteiger partial charge in [0, 0.05) is 43.3 Å². The minimum atomic E-state index is -3.55. The number of ether oxygens (including phenoxy) is 2. The Balaban J connectivity index is 1.22. The van der Waals surface area contributed by atoms with Crippen molar-refractivity contribution in [3.8, 4) is 11.5 Å². The van der Waals surface area contributed by atoms with Crippen molar-refractivity contribution < 1.29 is 27.5 Å². The number of nitrogens with zero attached hydrogens (tertiary/aromatic N) is 2. The number of imide groups is 1. The van der Waals surface area contributed by atoms with Gasteiger partial charge in [0.05, 0.1) is 6.54 Å². The molecule has 2 N–H and O–H groups in total. The zero-order chi connectivity index (χ0) is 24.0. The molecule has 0 saturated carbocycles. The van der Waals surface area contributed by atoms with Gasteiger partial charge in [-0.2, -0.15) is 4.31 Å². The van der Waals surface area contributed by atoms with E-state index in [9.17, 15) is 18.0 Å². The molecule has 0 radical (unpaired) electrons. The number of carbonyl (C=O) groups is 2. The maximum atomic E-state index is 12.6. The topological polar surface area (TPSA) is 117 Å². The highest BCUT2D eigenvalue weighted by Gasteiger charge is 2.26. The van der Waals surface area contributed by atoms with Crippen LogP contribution < -0.4 is 20.1 Å². The van der Waals surface area contributed by atoms with E-state index in [2.05, 4.69) is 10.6 Å². The van der Waals surface area contributed by atoms with Crippen LogP contribution in [0.4, 0.5) is 10.5 Å². The second-order valence-corrected chi connectivity index (χ2v) is 9.61. The van der Waals surface area contributed by atoms with Gasteiger partial charge in [0.1, 0.15) is 13.2 Å². The predicted octanol–water partition coefficient (Wildman–Crippen LogP) is 1.72. The van der Waals surface area contributed by atoms with Crippen molar-refractivity contribution in [2.24, 2.45) is 0 Å². The first kappa shape index (κ1) is 23.7. The van der Waals surface area contributed by atoms with Crippen molar-refractivity contribution in [3.05, 3.63) is 59.5 Å². The number of rotatable bonds is 6. The highest BCUT2D eigenvalue weighted by atomic mass is 32.2. The average molecular weight is 487 g/mol. The van der Waals surface area contributed by atoms with Crippen LogP contribution in [0.15, 0.2) is 53.9 Å². The van der Waals surface area contributed by atoms with Gasteiger partial charge < -0.3 is 14.8 Å². The van der Waals surface area contributed by atoms with Crippen molar-refractivity contribution >= 4 is 33.7 Å². The Morgan fingerprint density at radius 2 is 1.65 bits per heavy atom. The Labute approximate surface area is 198 Å². The van der Waals surface area contributed by atoms with Crippen LogP contribution in [0, 0.1) is 0 Å². The lowest BCUT2D eigenvalue weighted by Gasteiger charge is -2.32. The lowest BCUT2D eigenvalue weighted by molar-refractivity contribution is -0.121. The first-order valence-corrected chi connectivity index (χ1v) is 12.4. The van der Waals surface area contributed by atoms with Crippen LogP contribution in [0.2, 0.25) is 0 Å². The van der Waals surface area contributed by atoms with Crippen LogP contribution in [0.25, 0.3) is 6.08 Å². The third-order valence-electron chi connectivity index (χ3n) is 5.34. The Morgan fingerprint density at radius 1 is 0.941 bits per heavy atom. The molecule has 2 aliphatic heterocycles. The number of anilines is 1. The molecule has 2 heterocycles. The van der Waals surface area contributed by atoms with Gasteiger partial charge in [-0.15, -0.1) is 0 Å². The number of benzene rings is 2. The molecule has 0 bridgehead atoms. The number of nitrogens with one attached hydrogen (secondary N) is 2. The molecule has 0 aliphatic carbocycles. The van der Waals surface area contributed by atoms with Gasteiger partial charge in [0.2, 0.25) is 15.9 Å². The molecule has 1 fully saturated rings. The number of piperazine rings is 1. The molecule has 0 unspecified atom stereocenters. The number of sulfonamides is 1. The van der Waals surface area contributed by atoms with Crippen molar-refractivity contribution in [1.29, 1.82) is 0 Å². The molecule has 3 amide bonds. The third kappa shape index (κ3) is 6.34. The molecular weight excluding hydrogens is 460 g/mol.